The van der Waals surface area contributed by atoms with Crippen LogP contribution < -0.4 is 10.6 Å². The highest BCUT2D eigenvalue weighted by Gasteiger charge is 2.21. The summed E-state index contributed by atoms with van der Waals surface area (Å²) in [7, 11) is 1.86. The minimum Gasteiger partial charge on any atom is -0.376 e. The van der Waals surface area contributed by atoms with Gasteiger partial charge in [-0.15, -0.1) is 10.2 Å². The number of hydrogen-bond acceptors (Lipinski definition) is 8. The first-order chi connectivity index (χ1) is 12.4. The predicted octanol–water partition coefficient (Wildman–Crippen LogP) is 2.60. The zero-order chi connectivity index (χ0) is 18.7. The van der Waals surface area contributed by atoms with Crippen LogP contribution in [0.5, 0.6) is 0 Å². The fourth-order valence-electron chi connectivity index (χ4n) is 2.72. The number of carbonyl (C=O) groups is 1. The Morgan fingerprint density at radius 2 is 2.27 bits per heavy atom. The molecule has 3 heterocycles. The van der Waals surface area contributed by atoms with Crippen LogP contribution in [0, 0.1) is 13.8 Å². The van der Waals surface area contributed by atoms with Crippen molar-refractivity contribution >= 4 is 39.8 Å². The molecule has 2 aromatic heterocycles. The summed E-state index contributed by atoms with van der Waals surface area (Å²) in [6, 6.07) is 0. The zero-order valence-electron chi connectivity index (χ0n) is 15.4. The molecule has 26 heavy (non-hydrogen) atoms. The summed E-state index contributed by atoms with van der Waals surface area (Å²) in [6.45, 7) is 7.27. The van der Waals surface area contributed by atoms with Crippen LogP contribution in [0.2, 0.25) is 0 Å². The summed E-state index contributed by atoms with van der Waals surface area (Å²) in [5.41, 5.74) is 2.53. The lowest BCUT2D eigenvalue weighted by Crippen LogP contribution is -2.23. The van der Waals surface area contributed by atoms with E-state index in [2.05, 4.69) is 25.9 Å². The Balaban J connectivity index is 1.52. The van der Waals surface area contributed by atoms with Crippen molar-refractivity contribution in [3.63, 3.8) is 0 Å². The highest BCUT2D eigenvalue weighted by atomic mass is 32.2. The molecule has 0 unspecified atom stereocenters. The molecule has 0 spiro atoms. The molecule has 2 aromatic rings. The molecule has 0 aromatic carbocycles. The van der Waals surface area contributed by atoms with Crippen LogP contribution in [0.1, 0.15) is 31.2 Å². The molecule has 1 aliphatic heterocycles. The largest absolute Gasteiger partial charge is 0.376 e. The van der Waals surface area contributed by atoms with Crippen molar-refractivity contribution in [2.45, 2.75) is 49.3 Å². The normalized spacial score (nSPS) is 18.1. The van der Waals surface area contributed by atoms with Gasteiger partial charge in [0.2, 0.25) is 11.0 Å². The number of hydrogen-bond donors (Lipinski definition) is 2. The summed E-state index contributed by atoms with van der Waals surface area (Å²) >= 11 is 2.86. The SMILES string of the molecule is Cc1nn(C)c(C)c1NC(=O)[C@H](C)Sc1nnc(NC[C@@H]2CCCO2)s1. The second-order valence-electron chi connectivity index (χ2n) is 6.31. The summed E-state index contributed by atoms with van der Waals surface area (Å²) in [5.74, 6) is -0.0711. The van der Waals surface area contributed by atoms with Gasteiger partial charge >= 0.3 is 0 Å². The minimum atomic E-state index is -0.284. The van der Waals surface area contributed by atoms with Crippen LogP contribution in [0.4, 0.5) is 10.8 Å². The fraction of sp³-hybridized carbons (Fsp3) is 0.625. The molecule has 0 radical (unpaired) electrons. The number of nitrogens with zero attached hydrogens (tertiary/aromatic N) is 4. The topological polar surface area (TPSA) is 94.0 Å². The Hall–Kier alpha value is -1.65. The molecule has 1 fully saturated rings. The Bertz CT molecular complexity index is 769. The Labute approximate surface area is 161 Å². The summed E-state index contributed by atoms with van der Waals surface area (Å²) in [6.07, 6.45) is 2.45. The minimum absolute atomic E-state index is 0.0711. The van der Waals surface area contributed by atoms with Crippen LogP contribution in [0.15, 0.2) is 4.34 Å². The fourth-order valence-corrected chi connectivity index (χ4v) is 4.62. The van der Waals surface area contributed by atoms with Crippen molar-refractivity contribution in [3.8, 4) is 0 Å². The van der Waals surface area contributed by atoms with Crippen molar-refractivity contribution in [2.75, 3.05) is 23.8 Å². The van der Waals surface area contributed by atoms with E-state index in [1.54, 1.807) is 4.68 Å². The molecule has 0 bridgehead atoms. The van der Waals surface area contributed by atoms with Crippen molar-refractivity contribution in [3.05, 3.63) is 11.4 Å². The van der Waals surface area contributed by atoms with Gasteiger partial charge in [0.1, 0.15) is 0 Å². The quantitative estimate of drug-likeness (QED) is 0.695. The van der Waals surface area contributed by atoms with Gasteiger partial charge in [-0.05, 0) is 33.6 Å². The van der Waals surface area contributed by atoms with Crippen molar-refractivity contribution in [1.29, 1.82) is 0 Å². The molecule has 8 nitrogen and oxygen atoms in total. The Morgan fingerprint density at radius 1 is 1.46 bits per heavy atom. The number of carbonyl (C=O) groups excluding carboxylic acids is 1. The first-order valence-electron chi connectivity index (χ1n) is 8.60. The monoisotopic (exact) mass is 396 g/mol. The lowest BCUT2D eigenvalue weighted by Gasteiger charge is -2.10. The third-order valence-electron chi connectivity index (χ3n) is 4.32. The maximum absolute atomic E-state index is 12.5. The van der Waals surface area contributed by atoms with E-state index in [-0.39, 0.29) is 17.3 Å². The Morgan fingerprint density at radius 3 is 2.92 bits per heavy atom. The molecule has 1 aliphatic rings. The second kappa shape index (κ2) is 8.36. The molecule has 1 saturated heterocycles. The second-order valence-corrected chi connectivity index (χ2v) is 8.87. The first kappa shape index (κ1) is 19.1. The van der Waals surface area contributed by atoms with Gasteiger partial charge in [-0.2, -0.15) is 5.10 Å². The number of ether oxygens (including phenoxy) is 1. The number of anilines is 2. The molecule has 0 aliphatic carbocycles. The highest BCUT2D eigenvalue weighted by molar-refractivity contribution is 8.02. The number of thioether (sulfide) groups is 1. The lowest BCUT2D eigenvalue weighted by molar-refractivity contribution is -0.115. The van der Waals surface area contributed by atoms with E-state index in [4.69, 9.17) is 4.74 Å². The molecular weight excluding hydrogens is 372 g/mol. The molecule has 2 atom stereocenters. The molecule has 1 amide bonds. The van der Waals surface area contributed by atoms with Gasteiger partial charge < -0.3 is 15.4 Å². The summed E-state index contributed by atoms with van der Waals surface area (Å²) < 4.78 is 8.11. The maximum atomic E-state index is 12.5. The molecule has 0 saturated carbocycles. The van der Waals surface area contributed by atoms with Crippen molar-refractivity contribution in [1.82, 2.24) is 20.0 Å². The zero-order valence-corrected chi connectivity index (χ0v) is 17.0. The van der Waals surface area contributed by atoms with Gasteiger partial charge in [-0.25, -0.2) is 0 Å². The summed E-state index contributed by atoms with van der Waals surface area (Å²) in [4.78, 5) is 12.5. The van der Waals surface area contributed by atoms with Gasteiger partial charge in [-0.1, -0.05) is 23.1 Å². The summed E-state index contributed by atoms with van der Waals surface area (Å²) in [5, 5.41) is 19.3. The van der Waals surface area contributed by atoms with Crippen molar-refractivity contribution in [2.24, 2.45) is 7.05 Å². The van der Waals surface area contributed by atoms with Gasteiger partial charge in [0, 0.05) is 20.2 Å². The van der Waals surface area contributed by atoms with E-state index in [0.29, 0.717) is 0 Å². The highest BCUT2D eigenvalue weighted by Crippen LogP contribution is 2.30. The predicted molar refractivity (Wildman–Crippen MR) is 104 cm³/mol. The van der Waals surface area contributed by atoms with E-state index in [1.165, 1.54) is 23.1 Å². The van der Waals surface area contributed by atoms with E-state index in [9.17, 15) is 4.79 Å². The molecule has 2 N–H and O–H groups in total. The average Bonchev–Trinajstić information content (AvgIpc) is 3.32. The van der Waals surface area contributed by atoms with Crippen LogP contribution >= 0.6 is 23.1 Å². The van der Waals surface area contributed by atoms with Crippen LogP contribution in [0.25, 0.3) is 0 Å². The Kier molecular flexibility index (Phi) is 6.15. The van der Waals surface area contributed by atoms with Crippen molar-refractivity contribution < 1.29 is 9.53 Å². The number of aryl methyl sites for hydroxylation is 2. The molecular formula is C16H24N6O2S2. The van der Waals surface area contributed by atoms with Crippen LogP contribution in [0.3, 0.4) is 0 Å². The number of amides is 1. The number of aromatic nitrogens is 4. The maximum Gasteiger partial charge on any atom is 0.237 e. The average molecular weight is 397 g/mol. The van der Waals surface area contributed by atoms with E-state index < -0.39 is 0 Å². The third kappa shape index (κ3) is 4.54. The molecule has 3 rings (SSSR count). The van der Waals surface area contributed by atoms with Gasteiger partial charge in [-0.3, -0.25) is 9.48 Å². The smallest absolute Gasteiger partial charge is 0.237 e. The van der Waals surface area contributed by atoms with Crippen LogP contribution in [-0.2, 0) is 16.6 Å². The first-order valence-corrected chi connectivity index (χ1v) is 10.3. The molecule has 10 heteroatoms. The van der Waals surface area contributed by atoms with Gasteiger partial charge in [0.15, 0.2) is 4.34 Å². The third-order valence-corrected chi connectivity index (χ3v) is 6.38. The van der Waals surface area contributed by atoms with E-state index in [1.807, 2.05) is 27.8 Å². The van der Waals surface area contributed by atoms with Crippen LogP contribution in [-0.4, -0.2) is 50.4 Å². The van der Waals surface area contributed by atoms with E-state index >= 15 is 0 Å². The van der Waals surface area contributed by atoms with E-state index in [0.717, 1.165) is 52.5 Å². The lowest BCUT2D eigenvalue weighted by atomic mass is 10.2. The van der Waals surface area contributed by atoms with Gasteiger partial charge in [0.25, 0.3) is 0 Å². The number of nitrogens with one attached hydrogen (secondary N) is 2. The molecule has 142 valence electrons. The van der Waals surface area contributed by atoms with Gasteiger partial charge in [0.05, 0.1) is 28.4 Å². The number of rotatable bonds is 7. The standard InChI is InChI=1S/C16H24N6O2S2/c1-9-13(10(2)22(4)21-9)18-14(23)11(3)25-16-20-19-15(26-16)17-8-12-6-5-7-24-12/h11-12H,5-8H2,1-4H3,(H,17,19)(H,18,23)/t11-,12-/m0/s1.